The second-order valence-electron chi connectivity index (χ2n) is 7.66. The fourth-order valence-corrected chi connectivity index (χ4v) is 4.03. The van der Waals surface area contributed by atoms with E-state index in [-0.39, 0.29) is 12.5 Å². The highest BCUT2D eigenvalue weighted by Gasteiger charge is 2.21. The maximum Gasteiger partial charge on any atom is 0.253 e. The molecule has 1 N–H and O–H groups in total. The number of rotatable bonds is 11. The van der Waals surface area contributed by atoms with Gasteiger partial charge in [0.2, 0.25) is 15.9 Å². The van der Waals surface area contributed by atoms with E-state index in [0.29, 0.717) is 42.1 Å². The Labute approximate surface area is 195 Å². The second-order valence-corrected chi connectivity index (χ2v) is 9.57. The van der Waals surface area contributed by atoms with Crippen molar-refractivity contribution in [2.75, 3.05) is 52.0 Å². The van der Waals surface area contributed by atoms with Gasteiger partial charge in [-0.1, -0.05) is 6.07 Å². The first kappa shape index (κ1) is 26.0. The first-order valence-electron chi connectivity index (χ1n) is 10.3. The second kappa shape index (κ2) is 11.6. The molecule has 0 aliphatic rings. The molecule has 2 rings (SSSR count). The Bertz CT molecular complexity index is 1070. The normalized spacial score (nSPS) is 10.9. The summed E-state index contributed by atoms with van der Waals surface area (Å²) in [5.41, 5.74) is 1.78. The van der Waals surface area contributed by atoms with E-state index in [1.54, 1.807) is 28.3 Å². The average molecular weight is 478 g/mol. The van der Waals surface area contributed by atoms with Crippen LogP contribution in [0.3, 0.4) is 0 Å². The van der Waals surface area contributed by atoms with Crippen molar-refractivity contribution in [3.8, 4) is 11.5 Å². The summed E-state index contributed by atoms with van der Waals surface area (Å²) in [6.07, 6.45) is 2.41. The number of benzene rings is 2. The van der Waals surface area contributed by atoms with Crippen molar-refractivity contribution in [2.24, 2.45) is 0 Å². The highest BCUT2D eigenvalue weighted by atomic mass is 32.2. The summed E-state index contributed by atoms with van der Waals surface area (Å²) in [7, 11) is 2.71. The van der Waals surface area contributed by atoms with Gasteiger partial charge in [0.05, 0.1) is 26.2 Å². The molecule has 2 amide bonds. The fraction of sp³-hybridized carbons (Fsp3) is 0.391. The fourth-order valence-electron chi connectivity index (χ4n) is 3.17. The molecule has 0 radical (unpaired) electrons. The van der Waals surface area contributed by atoms with Crippen LogP contribution < -0.4 is 19.1 Å². The Morgan fingerprint density at radius 2 is 1.61 bits per heavy atom. The minimum Gasteiger partial charge on any atom is -0.493 e. The lowest BCUT2D eigenvalue weighted by molar-refractivity contribution is -0.119. The molecule has 0 aliphatic heterocycles. The predicted molar refractivity (Wildman–Crippen MR) is 128 cm³/mol. The van der Waals surface area contributed by atoms with Crippen molar-refractivity contribution < 1.29 is 27.5 Å². The van der Waals surface area contributed by atoms with Gasteiger partial charge in [-0.25, -0.2) is 8.42 Å². The number of ether oxygens (including phenoxy) is 2. The number of aryl methyl sites for hydroxylation is 1. The quantitative estimate of drug-likeness (QED) is 0.496. The Morgan fingerprint density at radius 3 is 2.15 bits per heavy atom. The molecule has 0 atom stereocenters. The molecule has 2 aromatic rings. The van der Waals surface area contributed by atoms with Crippen molar-refractivity contribution in [1.29, 1.82) is 0 Å². The van der Waals surface area contributed by atoms with Crippen molar-refractivity contribution >= 4 is 27.5 Å². The van der Waals surface area contributed by atoms with Crippen molar-refractivity contribution in [3.63, 3.8) is 0 Å². The van der Waals surface area contributed by atoms with E-state index in [1.165, 1.54) is 29.2 Å². The van der Waals surface area contributed by atoms with Crippen LogP contribution in [-0.2, 0) is 21.2 Å². The Hall–Kier alpha value is -3.27. The van der Waals surface area contributed by atoms with Crippen LogP contribution >= 0.6 is 0 Å². The van der Waals surface area contributed by atoms with Gasteiger partial charge in [0.25, 0.3) is 5.91 Å². The molecule has 0 aromatic heterocycles. The maximum atomic E-state index is 12.4. The lowest BCUT2D eigenvalue weighted by Gasteiger charge is -2.22. The number of carbonyl (C=O) groups excluding carboxylic acids is 2. The van der Waals surface area contributed by atoms with Gasteiger partial charge in [0, 0.05) is 26.2 Å². The zero-order valence-electron chi connectivity index (χ0n) is 19.6. The van der Waals surface area contributed by atoms with Crippen molar-refractivity contribution in [3.05, 3.63) is 53.6 Å². The van der Waals surface area contributed by atoms with Crippen molar-refractivity contribution in [2.45, 2.75) is 12.8 Å². The first-order chi connectivity index (χ1) is 15.6. The average Bonchev–Trinajstić information content (AvgIpc) is 2.79. The minimum absolute atomic E-state index is 0.195. The van der Waals surface area contributed by atoms with Crippen molar-refractivity contribution in [1.82, 2.24) is 10.2 Å². The molecule has 0 unspecified atom stereocenters. The summed E-state index contributed by atoms with van der Waals surface area (Å²) in [6.45, 7) is 0.0389. The van der Waals surface area contributed by atoms with E-state index >= 15 is 0 Å². The Balaban J connectivity index is 1.95. The van der Waals surface area contributed by atoms with E-state index in [0.717, 1.165) is 16.1 Å². The Kier molecular flexibility index (Phi) is 9.10. The molecule has 10 heteroatoms. The highest BCUT2D eigenvalue weighted by molar-refractivity contribution is 7.92. The van der Waals surface area contributed by atoms with E-state index in [1.807, 2.05) is 18.2 Å². The molecule has 0 aliphatic carbocycles. The van der Waals surface area contributed by atoms with Crippen LogP contribution in [0, 0.1) is 0 Å². The SMILES string of the molecule is COc1ccc(CCCNC(=O)CN(c2ccc(C(=O)N(C)C)cc2)S(C)(=O)=O)cc1OC. The number of methoxy groups -OCH3 is 2. The summed E-state index contributed by atoms with van der Waals surface area (Å²) in [6, 6.07) is 11.8. The van der Waals surface area contributed by atoms with E-state index < -0.39 is 15.9 Å². The molecule has 2 aromatic carbocycles. The summed E-state index contributed by atoms with van der Waals surface area (Å²) in [4.78, 5) is 25.9. The lowest BCUT2D eigenvalue weighted by atomic mass is 10.1. The zero-order valence-corrected chi connectivity index (χ0v) is 20.4. The third-order valence-electron chi connectivity index (χ3n) is 4.91. The van der Waals surface area contributed by atoms with Crippen LogP contribution in [0.5, 0.6) is 11.5 Å². The van der Waals surface area contributed by atoms with Crippen LogP contribution in [0.15, 0.2) is 42.5 Å². The Morgan fingerprint density at radius 1 is 0.970 bits per heavy atom. The molecular formula is C23H31N3O6S. The van der Waals surface area contributed by atoms with Gasteiger partial charge in [0.15, 0.2) is 11.5 Å². The van der Waals surface area contributed by atoms with E-state index in [9.17, 15) is 18.0 Å². The molecule has 180 valence electrons. The van der Waals surface area contributed by atoms with E-state index in [4.69, 9.17) is 9.47 Å². The maximum absolute atomic E-state index is 12.4. The topological polar surface area (TPSA) is 105 Å². The van der Waals surface area contributed by atoms with Gasteiger partial charge in [-0.15, -0.1) is 0 Å². The van der Waals surface area contributed by atoms with Crippen LogP contribution in [0.25, 0.3) is 0 Å². The first-order valence-corrected chi connectivity index (χ1v) is 12.2. The summed E-state index contributed by atoms with van der Waals surface area (Å²) < 4.78 is 36.1. The molecule has 0 saturated heterocycles. The van der Waals surface area contributed by atoms with Crippen LogP contribution in [-0.4, -0.2) is 72.8 Å². The number of anilines is 1. The van der Waals surface area contributed by atoms with E-state index in [2.05, 4.69) is 5.32 Å². The number of nitrogens with one attached hydrogen (secondary N) is 1. The molecule has 0 heterocycles. The number of hydrogen-bond acceptors (Lipinski definition) is 6. The van der Waals surface area contributed by atoms with Gasteiger partial charge < -0.3 is 19.7 Å². The summed E-state index contributed by atoms with van der Waals surface area (Å²) in [5.74, 6) is 0.677. The molecule has 0 saturated carbocycles. The van der Waals surface area contributed by atoms with Crippen LogP contribution in [0.2, 0.25) is 0 Å². The minimum atomic E-state index is -3.70. The largest absolute Gasteiger partial charge is 0.493 e. The monoisotopic (exact) mass is 477 g/mol. The standard InChI is InChI=1S/C23H31N3O6S/c1-25(2)23(28)18-9-11-19(12-10-18)26(33(5,29)30)16-22(27)24-14-6-7-17-8-13-20(31-3)21(15-17)32-4/h8-13,15H,6-7,14,16H2,1-5H3,(H,24,27). The molecule has 9 nitrogen and oxygen atoms in total. The van der Waals surface area contributed by atoms with Gasteiger partial charge in [0.1, 0.15) is 6.54 Å². The predicted octanol–water partition coefficient (Wildman–Crippen LogP) is 1.92. The third-order valence-corrected chi connectivity index (χ3v) is 6.05. The third kappa shape index (κ3) is 7.38. The van der Waals surface area contributed by atoms with Crippen LogP contribution in [0.4, 0.5) is 5.69 Å². The van der Waals surface area contributed by atoms with Gasteiger partial charge in [-0.05, 0) is 54.8 Å². The summed E-state index contributed by atoms with van der Waals surface area (Å²) >= 11 is 0. The highest BCUT2D eigenvalue weighted by Crippen LogP contribution is 2.27. The smallest absolute Gasteiger partial charge is 0.253 e. The number of nitrogens with zero attached hydrogens (tertiary/aromatic N) is 2. The van der Waals surface area contributed by atoms with Gasteiger partial charge in [-0.2, -0.15) is 0 Å². The lowest BCUT2D eigenvalue weighted by Crippen LogP contribution is -2.40. The molecule has 33 heavy (non-hydrogen) atoms. The summed E-state index contributed by atoms with van der Waals surface area (Å²) in [5, 5.41) is 2.76. The molecular weight excluding hydrogens is 446 g/mol. The number of hydrogen-bond donors (Lipinski definition) is 1. The van der Waals surface area contributed by atoms with Crippen LogP contribution in [0.1, 0.15) is 22.3 Å². The number of carbonyl (C=O) groups is 2. The molecule has 0 fully saturated rings. The molecule has 0 bridgehead atoms. The van der Waals surface area contributed by atoms with Gasteiger partial charge >= 0.3 is 0 Å². The number of sulfonamides is 1. The zero-order chi connectivity index (χ0) is 24.6. The van der Waals surface area contributed by atoms with Gasteiger partial charge in [-0.3, -0.25) is 13.9 Å². The molecule has 0 spiro atoms. The number of amides is 2.